The van der Waals surface area contributed by atoms with Crippen LogP contribution in [-0.2, 0) is 0 Å². The quantitative estimate of drug-likeness (QED) is 0.338. The molecule has 0 bridgehead atoms. The van der Waals surface area contributed by atoms with Crippen molar-refractivity contribution in [3.05, 3.63) is 103 Å². The largest absolute Gasteiger partial charge is 0.454 e. The van der Waals surface area contributed by atoms with Crippen molar-refractivity contribution in [3.8, 4) is 0 Å². The second kappa shape index (κ2) is 6.33. The number of aryl methyl sites for hydroxylation is 1. The van der Waals surface area contributed by atoms with Crippen LogP contribution in [0, 0.1) is 6.92 Å². The number of rotatable bonds is 3. The van der Waals surface area contributed by atoms with E-state index >= 15 is 0 Å². The Kier molecular flexibility index (Phi) is 3.68. The minimum atomic E-state index is 0.917. The van der Waals surface area contributed by atoms with Crippen LogP contribution in [-0.4, -0.2) is 0 Å². The summed E-state index contributed by atoms with van der Waals surface area (Å²) in [5.74, 6) is 0. The standard InChI is InChI=1S/C25H19NO/c1-18-16-17-22-21-14-8-9-15-23(21)27-25(22)24(18)26(19-10-4-2-5-11-19)20-12-6-3-7-13-20/h2-17H,1H3. The van der Waals surface area contributed by atoms with Crippen LogP contribution in [0.2, 0.25) is 0 Å². The van der Waals surface area contributed by atoms with Gasteiger partial charge >= 0.3 is 0 Å². The average molecular weight is 349 g/mol. The summed E-state index contributed by atoms with van der Waals surface area (Å²) >= 11 is 0. The zero-order chi connectivity index (χ0) is 18.2. The van der Waals surface area contributed by atoms with Crippen molar-refractivity contribution < 1.29 is 4.42 Å². The summed E-state index contributed by atoms with van der Waals surface area (Å²) in [4.78, 5) is 2.28. The lowest BCUT2D eigenvalue weighted by atomic mass is 10.1. The molecule has 1 heterocycles. The van der Waals surface area contributed by atoms with E-state index in [-0.39, 0.29) is 0 Å². The molecule has 0 spiro atoms. The van der Waals surface area contributed by atoms with Crippen LogP contribution in [0.25, 0.3) is 21.9 Å². The summed E-state index contributed by atoms with van der Waals surface area (Å²) in [7, 11) is 0. The van der Waals surface area contributed by atoms with E-state index < -0.39 is 0 Å². The number of furan rings is 1. The SMILES string of the molecule is Cc1ccc2c(oc3ccccc32)c1N(c1ccccc1)c1ccccc1. The molecular weight excluding hydrogens is 330 g/mol. The first-order chi connectivity index (χ1) is 13.3. The maximum atomic E-state index is 6.35. The Balaban J connectivity index is 1.87. The van der Waals surface area contributed by atoms with Gasteiger partial charge in [0.25, 0.3) is 0 Å². The summed E-state index contributed by atoms with van der Waals surface area (Å²) in [6.45, 7) is 2.14. The van der Waals surface area contributed by atoms with E-state index in [2.05, 4.69) is 84.6 Å². The van der Waals surface area contributed by atoms with Crippen LogP contribution < -0.4 is 4.90 Å². The summed E-state index contributed by atoms with van der Waals surface area (Å²) in [6, 6.07) is 33.5. The van der Waals surface area contributed by atoms with Crippen LogP contribution in [0.1, 0.15) is 5.56 Å². The molecule has 0 atom stereocenters. The fraction of sp³-hybridized carbons (Fsp3) is 0.0400. The lowest BCUT2D eigenvalue weighted by Crippen LogP contribution is -2.11. The number of anilines is 3. The topological polar surface area (TPSA) is 16.4 Å². The summed E-state index contributed by atoms with van der Waals surface area (Å²) in [6.07, 6.45) is 0. The second-order valence-electron chi connectivity index (χ2n) is 6.71. The lowest BCUT2D eigenvalue weighted by Gasteiger charge is -2.27. The highest BCUT2D eigenvalue weighted by molar-refractivity contribution is 6.10. The minimum absolute atomic E-state index is 0.917. The molecule has 0 saturated carbocycles. The van der Waals surface area contributed by atoms with E-state index in [9.17, 15) is 0 Å². The third-order valence-corrected chi connectivity index (χ3v) is 4.97. The van der Waals surface area contributed by atoms with Crippen LogP contribution in [0.15, 0.2) is 101 Å². The molecule has 0 saturated heterocycles. The molecule has 130 valence electrons. The van der Waals surface area contributed by atoms with Crippen molar-refractivity contribution in [2.45, 2.75) is 6.92 Å². The first-order valence-electron chi connectivity index (χ1n) is 9.14. The Hall–Kier alpha value is -3.52. The molecular formula is C25H19NO. The van der Waals surface area contributed by atoms with Gasteiger partial charge in [0.15, 0.2) is 5.58 Å². The zero-order valence-corrected chi connectivity index (χ0v) is 15.1. The molecule has 1 aromatic heterocycles. The highest BCUT2D eigenvalue weighted by Crippen LogP contribution is 2.43. The Morgan fingerprint density at radius 1 is 0.593 bits per heavy atom. The summed E-state index contributed by atoms with van der Waals surface area (Å²) in [5.41, 5.74) is 6.32. The molecule has 0 unspecified atom stereocenters. The fourth-order valence-corrected chi connectivity index (χ4v) is 3.71. The molecule has 0 radical (unpaired) electrons. The third kappa shape index (κ3) is 2.58. The van der Waals surface area contributed by atoms with Crippen molar-refractivity contribution >= 4 is 39.0 Å². The van der Waals surface area contributed by atoms with Gasteiger partial charge in [0.1, 0.15) is 5.58 Å². The molecule has 0 amide bonds. The highest BCUT2D eigenvalue weighted by Gasteiger charge is 2.20. The predicted octanol–water partition coefficient (Wildman–Crippen LogP) is 7.36. The molecule has 5 rings (SSSR count). The highest BCUT2D eigenvalue weighted by atomic mass is 16.3. The summed E-state index contributed by atoms with van der Waals surface area (Å²) < 4.78 is 6.35. The lowest BCUT2D eigenvalue weighted by molar-refractivity contribution is 0.668. The van der Waals surface area contributed by atoms with Gasteiger partial charge in [-0.05, 0) is 42.8 Å². The number of nitrogens with zero attached hydrogens (tertiary/aromatic N) is 1. The Morgan fingerprint density at radius 3 is 1.85 bits per heavy atom. The van der Waals surface area contributed by atoms with Crippen LogP contribution in [0.3, 0.4) is 0 Å². The van der Waals surface area contributed by atoms with Crippen molar-refractivity contribution in [2.75, 3.05) is 4.90 Å². The molecule has 0 fully saturated rings. The van der Waals surface area contributed by atoms with Crippen molar-refractivity contribution in [1.82, 2.24) is 0 Å². The third-order valence-electron chi connectivity index (χ3n) is 4.97. The van der Waals surface area contributed by atoms with E-state index in [1.807, 2.05) is 24.3 Å². The van der Waals surface area contributed by atoms with E-state index in [1.165, 1.54) is 5.56 Å². The van der Waals surface area contributed by atoms with Crippen molar-refractivity contribution in [3.63, 3.8) is 0 Å². The monoisotopic (exact) mass is 349 g/mol. The summed E-state index contributed by atoms with van der Waals surface area (Å²) in [5, 5.41) is 2.29. The van der Waals surface area contributed by atoms with Crippen molar-refractivity contribution in [2.24, 2.45) is 0 Å². The molecule has 0 N–H and O–H groups in total. The van der Waals surface area contributed by atoms with Crippen LogP contribution in [0.4, 0.5) is 17.1 Å². The Morgan fingerprint density at radius 2 is 1.19 bits per heavy atom. The van der Waals surface area contributed by atoms with E-state index in [0.29, 0.717) is 0 Å². The molecule has 4 aromatic carbocycles. The van der Waals surface area contributed by atoms with Gasteiger partial charge < -0.3 is 9.32 Å². The molecule has 0 aliphatic heterocycles. The maximum absolute atomic E-state index is 6.35. The molecule has 0 aliphatic rings. The number of fused-ring (bicyclic) bond motifs is 3. The fourth-order valence-electron chi connectivity index (χ4n) is 3.71. The normalized spacial score (nSPS) is 11.1. The number of hydrogen-bond donors (Lipinski definition) is 0. The number of benzene rings is 4. The van der Waals surface area contributed by atoms with Gasteiger partial charge in [-0.2, -0.15) is 0 Å². The maximum Gasteiger partial charge on any atom is 0.159 e. The van der Waals surface area contributed by atoms with Crippen molar-refractivity contribution in [1.29, 1.82) is 0 Å². The first-order valence-corrected chi connectivity index (χ1v) is 9.14. The molecule has 5 aromatic rings. The van der Waals surface area contributed by atoms with Gasteiger partial charge in [0.05, 0.1) is 5.69 Å². The molecule has 2 heteroatoms. The Bertz CT molecular complexity index is 1180. The molecule has 27 heavy (non-hydrogen) atoms. The minimum Gasteiger partial charge on any atom is -0.454 e. The van der Waals surface area contributed by atoms with E-state index in [4.69, 9.17) is 4.42 Å². The van der Waals surface area contributed by atoms with Crippen LogP contribution >= 0.6 is 0 Å². The number of hydrogen-bond acceptors (Lipinski definition) is 2. The van der Waals surface area contributed by atoms with Crippen LogP contribution in [0.5, 0.6) is 0 Å². The predicted molar refractivity (Wildman–Crippen MR) is 113 cm³/mol. The van der Waals surface area contributed by atoms with E-state index in [0.717, 1.165) is 39.0 Å². The van der Waals surface area contributed by atoms with Gasteiger partial charge in [-0.3, -0.25) is 0 Å². The van der Waals surface area contributed by atoms with Gasteiger partial charge in [-0.1, -0.05) is 66.7 Å². The molecule has 0 aliphatic carbocycles. The second-order valence-corrected chi connectivity index (χ2v) is 6.71. The number of para-hydroxylation sites is 3. The van der Waals surface area contributed by atoms with E-state index in [1.54, 1.807) is 0 Å². The first kappa shape index (κ1) is 15.7. The van der Waals surface area contributed by atoms with Gasteiger partial charge in [0.2, 0.25) is 0 Å². The zero-order valence-electron chi connectivity index (χ0n) is 15.1. The smallest absolute Gasteiger partial charge is 0.159 e. The Labute approximate surface area is 158 Å². The van der Waals surface area contributed by atoms with Gasteiger partial charge in [-0.15, -0.1) is 0 Å². The average Bonchev–Trinajstić information content (AvgIpc) is 3.10. The van der Waals surface area contributed by atoms with Gasteiger partial charge in [0, 0.05) is 22.1 Å². The molecule has 2 nitrogen and oxygen atoms in total. The van der Waals surface area contributed by atoms with Gasteiger partial charge in [-0.25, -0.2) is 0 Å².